The molecule has 1 aromatic heterocycles. The summed E-state index contributed by atoms with van der Waals surface area (Å²) in [6.07, 6.45) is 1.61. The number of benzene rings is 2. The predicted octanol–water partition coefficient (Wildman–Crippen LogP) is 5.63. The third kappa shape index (κ3) is 4.20. The number of methoxy groups -OCH3 is 1. The highest BCUT2D eigenvalue weighted by Crippen LogP contribution is 2.44. The highest BCUT2D eigenvalue weighted by atomic mass is 16.5. The van der Waals surface area contributed by atoms with Gasteiger partial charge in [0.05, 0.1) is 23.9 Å². The molecule has 6 nitrogen and oxygen atoms in total. The molecular weight excluding hydrogens is 440 g/mol. The molecule has 2 heterocycles. The van der Waals surface area contributed by atoms with Crippen molar-refractivity contribution < 1.29 is 19.4 Å². The van der Waals surface area contributed by atoms with Crippen molar-refractivity contribution in [3.05, 3.63) is 94.3 Å². The number of hydrogen-bond donors (Lipinski definition) is 1. The van der Waals surface area contributed by atoms with Crippen molar-refractivity contribution in [1.29, 1.82) is 0 Å². The van der Waals surface area contributed by atoms with Crippen molar-refractivity contribution >= 4 is 23.1 Å². The lowest BCUT2D eigenvalue weighted by Gasteiger charge is -2.27. The zero-order valence-electron chi connectivity index (χ0n) is 20.9. The summed E-state index contributed by atoms with van der Waals surface area (Å²) in [5, 5.41) is 11.6. The number of nitrogens with zero attached hydrogens (tertiary/aromatic N) is 2. The minimum Gasteiger partial charge on any atom is -0.507 e. The summed E-state index contributed by atoms with van der Waals surface area (Å²) in [5.74, 6) is -1.34. The SMILES string of the molecule is COc1ccc(C(C)(C)C)cc1/C(O)=C1\C(=O)C(=O)N(c2cccc(C)c2C)C1c1ccccn1. The van der Waals surface area contributed by atoms with Crippen molar-refractivity contribution in [1.82, 2.24) is 4.98 Å². The molecular formula is C29H30N2O4. The van der Waals surface area contributed by atoms with Crippen LogP contribution in [0.4, 0.5) is 5.69 Å². The molecule has 0 radical (unpaired) electrons. The van der Waals surface area contributed by atoms with Crippen LogP contribution in [-0.4, -0.2) is 28.9 Å². The molecule has 180 valence electrons. The van der Waals surface area contributed by atoms with Gasteiger partial charge >= 0.3 is 0 Å². The molecule has 3 aromatic rings. The summed E-state index contributed by atoms with van der Waals surface area (Å²) in [6.45, 7) is 10.0. The van der Waals surface area contributed by atoms with Gasteiger partial charge in [0, 0.05) is 11.9 Å². The van der Waals surface area contributed by atoms with Gasteiger partial charge < -0.3 is 9.84 Å². The van der Waals surface area contributed by atoms with Crippen LogP contribution < -0.4 is 9.64 Å². The molecule has 1 saturated heterocycles. The Morgan fingerprint density at radius 1 is 1.03 bits per heavy atom. The molecule has 1 fully saturated rings. The minimum atomic E-state index is -0.889. The van der Waals surface area contributed by atoms with Crippen LogP contribution in [0.2, 0.25) is 0 Å². The Bertz CT molecular complexity index is 1340. The molecule has 35 heavy (non-hydrogen) atoms. The number of Topliss-reactive ketones (excluding diaryl/α,β-unsaturated/α-hetero) is 1. The first-order valence-corrected chi connectivity index (χ1v) is 11.5. The molecule has 1 amide bonds. The van der Waals surface area contributed by atoms with Crippen molar-refractivity contribution in [2.75, 3.05) is 12.0 Å². The van der Waals surface area contributed by atoms with E-state index in [0.29, 0.717) is 22.7 Å². The number of carbonyl (C=O) groups excluding carboxylic acids is 2. The third-order valence-electron chi connectivity index (χ3n) is 6.57. The molecule has 1 atom stereocenters. The first kappa shape index (κ1) is 24.2. The Labute approximate surface area is 205 Å². The van der Waals surface area contributed by atoms with E-state index in [4.69, 9.17) is 4.74 Å². The van der Waals surface area contributed by atoms with Crippen LogP contribution >= 0.6 is 0 Å². The van der Waals surface area contributed by atoms with Crippen LogP contribution in [0.15, 0.2) is 66.4 Å². The van der Waals surface area contributed by atoms with Crippen LogP contribution in [0, 0.1) is 13.8 Å². The van der Waals surface area contributed by atoms with Crippen LogP contribution in [0.5, 0.6) is 5.75 Å². The highest BCUT2D eigenvalue weighted by Gasteiger charge is 2.48. The van der Waals surface area contributed by atoms with Crippen LogP contribution in [0.1, 0.15) is 54.8 Å². The fraction of sp³-hybridized carbons (Fsp3) is 0.276. The molecule has 1 N–H and O–H groups in total. The van der Waals surface area contributed by atoms with Crippen molar-refractivity contribution in [2.24, 2.45) is 0 Å². The Morgan fingerprint density at radius 2 is 1.77 bits per heavy atom. The zero-order valence-corrected chi connectivity index (χ0v) is 20.9. The second-order valence-electron chi connectivity index (χ2n) is 9.81. The maximum Gasteiger partial charge on any atom is 0.300 e. The molecule has 1 unspecified atom stereocenters. The van der Waals surface area contributed by atoms with E-state index < -0.39 is 17.7 Å². The number of carbonyl (C=O) groups is 2. The van der Waals surface area contributed by atoms with E-state index in [0.717, 1.165) is 16.7 Å². The number of rotatable bonds is 4. The molecule has 6 heteroatoms. The maximum absolute atomic E-state index is 13.5. The summed E-state index contributed by atoms with van der Waals surface area (Å²) >= 11 is 0. The molecule has 4 rings (SSSR count). The number of ketones is 1. The number of aromatic nitrogens is 1. The van der Waals surface area contributed by atoms with Gasteiger partial charge in [-0.2, -0.15) is 0 Å². The molecule has 1 aliphatic heterocycles. The number of aryl methyl sites for hydroxylation is 1. The Hall–Kier alpha value is -3.93. The number of amides is 1. The van der Waals surface area contributed by atoms with Gasteiger partial charge in [-0.25, -0.2) is 0 Å². The fourth-order valence-corrected chi connectivity index (χ4v) is 4.40. The van der Waals surface area contributed by atoms with E-state index in [9.17, 15) is 14.7 Å². The van der Waals surface area contributed by atoms with Crippen molar-refractivity contribution in [3.8, 4) is 5.75 Å². The smallest absolute Gasteiger partial charge is 0.300 e. The van der Waals surface area contributed by atoms with Gasteiger partial charge in [0.15, 0.2) is 0 Å². The Kier molecular flexibility index (Phi) is 6.24. The number of aliphatic hydroxyl groups excluding tert-OH is 1. The number of ether oxygens (including phenoxy) is 1. The van der Waals surface area contributed by atoms with E-state index in [-0.39, 0.29) is 16.7 Å². The van der Waals surface area contributed by atoms with E-state index in [1.54, 1.807) is 30.5 Å². The first-order chi connectivity index (χ1) is 16.6. The van der Waals surface area contributed by atoms with Gasteiger partial charge in [-0.3, -0.25) is 19.5 Å². The lowest BCUT2D eigenvalue weighted by Crippen LogP contribution is -2.30. The van der Waals surface area contributed by atoms with Gasteiger partial charge in [-0.1, -0.05) is 45.0 Å². The fourth-order valence-electron chi connectivity index (χ4n) is 4.40. The first-order valence-electron chi connectivity index (χ1n) is 11.5. The van der Waals surface area contributed by atoms with Gasteiger partial charge in [0.1, 0.15) is 17.6 Å². The lowest BCUT2D eigenvalue weighted by atomic mass is 9.85. The van der Waals surface area contributed by atoms with Gasteiger partial charge in [-0.05, 0) is 66.3 Å². The second kappa shape index (κ2) is 9.02. The summed E-state index contributed by atoms with van der Waals surface area (Å²) in [5.41, 5.74) is 4.06. The lowest BCUT2D eigenvalue weighted by molar-refractivity contribution is -0.132. The third-order valence-corrected chi connectivity index (χ3v) is 6.57. The van der Waals surface area contributed by atoms with E-state index in [2.05, 4.69) is 25.8 Å². The van der Waals surface area contributed by atoms with E-state index >= 15 is 0 Å². The summed E-state index contributed by atoms with van der Waals surface area (Å²) in [7, 11) is 1.51. The molecule has 0 bridgehead atoms. The number of aliphatic hydroxyl groups is 1. The molecule has 0 spiro atoms. The Balaban J connectivity index is 2.02. The quantitative estimate of drug-likeness (QED) is 0.304. The average Bonchev–Trinajstić information content (AvgIpc) is 3.10. The maximum atomic E-state index is 13.5. The predicted molar refractivity (Wildman–Crippen MR) is 137 cm³/mol. The van der Waals surface area contributed by atoms with Gasteiger partial charge in [0.25, 0.3) is 11.7 Å². The van der Waals surface area contributed by atoms with Crippen LogP contribution in [0.25, 0.3) is 5.76 Å². The highest BCUT2D eigenvalue weighted by molar-refractivity contribution is 6.51. The molecule has 1 aliphatic rings. The van der Waals surface area contributed by atoms with Gasteiger partial charge in [-0.15, -0.1) is 0 Å². The van der Waals surface area contributed by atoms with Crippen molar-refractivity contribution in [3.63, 3.8) is 0 Å². The van der Waals surface area contributed by atoms with Crippen LogP contribution in [-0.2, 0) is 15.0 Å². The van der Waals surface area contributed by atoms with E-state index in [1.807, 2.05) is 44.2 Å². The van der Waals surface area contributed by atoms with Crippen LogP contribution in [0.3, 0.4) is 0 Å². The summed E-state index contributed by atoms with van der Waals surface area (Å²) < 4.78 is 5.52. The summed E-state index contributed by atoms with van der Waals surface area (Å²) in [4.78, 5) is 32.8. The summed E-state index contributed by atoms with van der Waals surface area (Å²) in [6, 6.07) is 15.6. The minimum absolute atomic E-state index is 0.0148. The number of hydrogen-bond acceptors (Lipinski definition) is 5. The normalized spacial score (nSPS) is 17.7. The second-order valence-corrected chi connectivity index (χ2v) is 9.81. The Morgan fingerprint density at radius 3 is 2.40 bits per heavy atom. The number of pyridine rings is 1. The average molecular weight is 471 g/mol. The topological polar surface area (TPSA) is 79.7 Å². The molecule has 0 saturated carbocycles. The molecule has 0 aliphatic carbocycles. The van der Waals surface area contributed by atoms with Gasteiger partial charge in [0.2, 0.25) is 0 Å². The molecule has 2 aromatic carbocycles. The van der Waals surface area contributed by atoms with E-state index in [1.165, 1.54) is 12.0 Å². The number of anilines is 1. The standard InChI is InChI=1S/C29H30N2O4/c1-17-10-9-12-22(18(17)2)31-25(21-11-7-8-15-30-21)24(27(33)28(31)34)26(32)20-16-19(29(3,4)5)13-14-23(20)35-6/h7-16,25,32H,1-6H3/b26-24+. The zero-order chi connectivity index (χ0) is 25.5. The largest absolute Gasteiger partial charge is 0.507 e. The van der Waals surface area contributed by atoms with Crippen molar-refractivity contribution in [2.45, 2.75) is 46.1 Å². The monoisotopic (exact) mass is 470 g/mol.